The highest BCUT2D eigenvalue weighted by atomic mass is 16.5. The third-order valence-corrected chi connectivity index (χ3v) is 3.92. The lowest BCUT2D eigenvalue weighted by molar-refractivity contribution is 0.102. The first-order valence-electron chi connectivity index (χ1n) is 7.70. The maximum Gasteiger partial charge on any atom is 0.276 e. The Balaban J connectivity index is 1.47. The number of ether oxygens (including phenoxy) is 1. The molecule has 8 nitrogen and oxygen atoms in total. The van der Waals surface area contributed by atoms with Crippen LogP contribution >= 0.6 is 0 Å². The lowest BCUT2D eigenvalue weighted by Gasteiger charge is -2.27. The van der Waals surface area contributed by atoms with Gasteiger partial charge in [0.15, 0.2) is 11.5 Å². The first-order valence-corrected chi connectivity index (χ1v) is 7.70. The summed E-state index contributed by atoms with van der Waals surface area (Å²) in [4.78, 5) is 14.4. The van der Waals surface area contributed by atoms with Gasteiger partial charge < -0.3 is 15.0 Å². The van der Waals surface area contributed by atoms with E-state index in [1.807, 2.05) is 24.3 Å². The molecular formula is C16H16N6O2. The van der Waals surface area contributed by atoms with Gasteiger partial charge in [0.25, 0.3) is 5.91 Å². The van der Waals surface area contributed by atoms with Gasteiger partial charge in [0.1, 0.15) is 0 Å². The smallest absolute Gasteiger partial charge is 0.276 e. The van der Waals surface area contributed by atoms with E-state index in [-0.39, 0.29) is 11.6 Å². The molecule has 1 aromatic carbocycles. The van der Waals surface area contributed by atoms with Gasteiger partial charge in [-0.1, -0.05) is 0 Å². The highest BCUT2D eigenvalue weighted by Gasteiger charge is 2.14. The molecule has 1 aliphatic heterocycles. The Morgan fingerprint density at radius 1 is 1.17 bits per heavy atom. The maximum atomic E-state index is 12.3. The van der Waals surface area contributed by atoms with Gasteiger partial charge in [0.05, 0.1) is 24.9 Å². The van der Waals surface area contributed by atoms with Crippen LogP contribution in [0.2, 0.25) is 0 Å². The van der Waals surface area contributed by atoms with Crippen LogP contribution in [0, 0.1) is 0 Å². The van der Waals surface area contributed by atoms with Crippen molar-refractivity contribution in [1.29, 1.82) is 0 Å². The van der Waals surface area contributed by atoms with Gasteiger partial charge in [-0.15, -0.1) is 10.2 Å². The molecule has 2 aromatic heterocycles. The van der Waals surface area contributed by atoms with Crippen molar-refractivity contribution in [2.45, 2.75) is 0 Å². The summed E-state index contributed by atoms with van der Waals surface area (Å²) in [5, 5.41) is 18.8. The lowest BCUT2D eigenvalue weighted by atomic mass is 10.2. The Labute approximate surface area is 137 Å². The number of carbonyl (C=O) groups excluding carboxylic acids is 1. The van der Waals surface area contributed by atoms with Crippen molar-refractivity contribution in [3.8, 4) is 0 Å². The second-order valence-electron chi connectivity index (χ2n) is 5.50. The number of nitrogens with zero attached hydrogens (tertiary/aromatic N) is 4. The van der Waals surface area contributed by atoms with E-state index in [1.165, 1.54) is 0 Å². The molecule has 0 spiro atoms. The van der Waals surface area contributed by atoms with Gasteiger partial charge in [-0.3, -0.25) is 9.89 Å². The zero-order chi connectivity index (χ0) is 16.4. The maximum absolute atomic E-state index is 12.3. The predicted octanol–water partition coefficient (Wildman–Crippen LogP) is 1.44. The fourth-order valence-corrected chi connectivity index (χ4v) is 2.62. The number of anilines is 2. The third-order valence-electron chi connectivity index (χ3n) is 3.92. The number of hydrogen-bond donors (Lipinski definition) is 2. The minimum atomic E-state index is -0.296. The van der Waals surface area contributed by atoms with Crippen molar-refractivity contribution in [3.63, 3.8) is 0 Å². The molecule has 0 radical (unpaired) electrons. The number of H-pyrrole nitrogens is 1. The van der Waals surface area contributed by atoms with Gasteiger partial charge in [-0.05, 0) is 30.3 Å². The molecule has 24 heavy (non-hydrogen) atoms. The van der Waals surface area contributed by atoms with E-state index in [2.05, 4.69) is 30.6 Å². The van der Waals surface area contributed by atoms with Crippen LogP contribution in [-0.4, -0.2) is 52.6 Å². The van der Waals surface area contributed by atoms with E-state index in [1.54, 1.807) is 12.3 Å². The van der Waals surface area contributed by atoms with Crippen molar-refractivity contribution in [2.75, 3.05) is 36.5 Å². The van der Waals surface area contributed by atoms with Crippen LogP contribution in [-0.2, 0) is 4.74 Å². The molecule has 1 saturated heterocycles. The van der Waals surface area contributed by atoms with Gasteiger partial charge in [-0.2, -0.15) is 5.10 Å². The van der Waals surface area contributed by atoms with Crippen LogP contribution in [0.3, 0.4) is 0 Å². The summed E-state index contributed by atoms with van der Waals surface area (Å²) < 4.78 is 5.31. The summed E-state index contributed by atoms with van der Waals surface area (Å²) in [6.07, 6.45) is 1.73. The van der Waals surface area contributed by atoms with Crippen molar-refractivity contribution in [1.82, 2.24) is 20.4 Å². The Hall–Kier alpha value is -3.00. The molecule has 0 saturated carbocycles. The zero-order valence-electron chi connectivity index (χ0n) is 12.9. The number of aromatic amines is 1. The summed E-state index contributed by atoms with van der Waals surface area (Å²) in [5.41, 5.74) is 1.81. The monoisotopic (exact) mass is 324 g/mol. The van der Waals surface area contributed by atoms with E-state index in [0.717, 1.165) is 29.8 Å². The first kappa shape index (κ1) is 14.6. The van der Waals surface area contributed by atoms with E-state index in [9.17, 15) is 4.79 Å². The molecule has 122 valence electrons. The summed E-state index contributed by atoms with van der Waals surface area (Å²) in [6.45, 7) is 2.93. The largest absolute Gasteiger partial charge is 0.378 e. The molecule has 1 fully saturated rings. The van der Waals surface area contributed by atoms with Crippen LogP contribution in [0.15, 0.2) is 36.5 Å². The number of hydrogen-bond acceptors (Lipinski definition) is 6. The number of morpholine rings is 1. The van der Waals surface area contributed by atoms with Gasteiger partial charge in [-0.25, -0.2) is 0 Å². The van der Waals surface area contributed by atoms with Crippen LogP contribution in [0.4, 0.5) is 11.5 Å². The number of rotatable bonds is 3. The predicted molar refractivity (Wildman–Crippen MR) is 89.1 cm³/mol. The fourth-order valence-electron chi connectivity index (χ4n) is 2.62. The highest BCUT2D eigenvalue weighted by Crippen LogP contribution is 2.17. The molecule has 0 atom stereocenters. The van der Waals surface area contributed by atoms with E-state index in [0.29, 0.717) is 18.9 Å². The summed E-state index contributed by atoms with van der Waals surface area (Å²) >= 11 is 0. The molecular weight excluding hydrogens is 308 g/mol. The van der Waals surface area contributed by atoms with E-state index >= 15 is 0 Å². The topological polar surface area (TPSA) is 96.0 Å². The van der Waals surface area contributed by atoms with Crippen LogP contribution in [0.25, 0.3) is 10.9 Å². The Kier molecular flexibility index (Phi) is 3.80. The minimum absolute atomic E-state index is 0.275. The van der Waals surface area contributed by atoms with E-state index in [4.69, 9.17) is 4.74 Å². The average molecular weight is 324 g/mol. The normalized spacial score (nSPS) is 14.8. The number of benzene rings is 1. The van der Waals surface area contributed by atoms with Crippen LogP contribution in [0.5, 0.6) is 0 Å². The first-order chi connectivity index (χ1) is 11.8. The number of nitrogens with one attached hydrogen (secondary N) is 2. The molecule has 2 N–H and O–H groups in total. The molecule has 3 heterocycles. The number of fused-ring (bicyclic) bond motifs is 1. The summed E-state index contributed by atoms with van der Waals surface area (Å²) in [6, 6.07) is 9.04. The molecule has 1 aliphatic rings. The standard InChI is InChI=1S/C16H16N6O2/c23-16(18-12-2-1-11-10-17-19-14(11)9-12)13-3-4-15(21-20-13)22-5-7-24-8-6-22/h1-4,9-10H,5-8H2,(H,17,19)(H,18,23). The Morgan fingerprint density at radius 2 is 2.04 bits per heavy atom. The second-order valence-corrected chi connectivity index (χ2v) is 5.50. The van der Waals surface area contributed by atoms with Gasteiger partial charge in [0, 0.05) is 24.2 Å². The molecule has 0 unspecified atom stereocenters. The molecule has 3 aromatic rings. The molecule has 1 amide bonds. The zero-order valence-corrected chi connectivity index (χ0v) is 12.9. The van der Waals surface area contributed by atoms with Crippen molar-refractivity contribution >= 4 is 28.3 Å². The summed E-state index contributed by atoms with van der Waals surface area (Å²) in [5.74, 6) is 0.462. The molecule has 4 rings (SSSR count). The number of amides is 1. The number of carbonyl (C=O) groups is 1. The number of aromatic nitrogens is 4. The minimum Gasteiger partial charge on any atom is -0.378 e. The Morgan fingerprint density at radius 3 is 2.83 bits per heavy atom. The molecule has 8 heteroatoms. The van der Waals surface area contributed by atoms with E-state index < -0.39 is 0 Å². The van der Waals surface area contributed by atoms with Gasteiger partial charge >= 0.3 is 0 Å². The second kappa shape index (κ2) is 6.25. The lowest BCUT2D eigenvalue weighted by Crippen LogP contribution is -2.37. The van der Waals surface area contributed by atoms with Crippen molar-refractivity contribution in [2.24, 2.45) is 0 Å². The molecule has 0 aliphatic carbocycles. The van der Waals surface area contributed by atoms with Crippen molar-refractivity contribution in [3.05, 3.63) is 42.2 Å². The Bertz CT molecular complexity index is 854. The fraction of sp³-hybridized carbons (Fsp3) is 0.250. The summed E-state index contributed by atoms with van der Waals surface area (Å²) in [7, 11) is 0. The SMILES string of the molecule is O=C(Nc1ccc2cn[nH]c2c1)c1ccc(N2CCOCC2)nn1. The van der Waals surface area contributed by atoms with Crippen molar-refractivity contribution < 1.29 is 9.53 Å². The van der Waals surface area contributed by atoms with Crippen LogP contribution in [0.1, 0.15) is 10.5 Å². The highest BCUT2D eigenvalue weighted by molar-refractivity contribution is 6.03. The molecule has 0 bridgehead atoms. The third kappa shape index (κ3) is 2.91. The average Bonchev–Trinajstić information content (AvgIpc) is 3.10. The van der Waals surface area contributed by atoms with Gasteiger partial charge in [0.2, 0.25) is 0 Å². The quantitative estimate of drug-likeness (QED) is 0.757. The van der Waals surface area contributed by atoms with Crippen LogP contribution < -0.4 is 10.2 Å².